The zero-order valence-corrected chi connectivity index (χ0v) is 24.0. The van der Waals surface area contributed by atoms with Crippen molar-refractivity contribution in [1.82, 2.24) is 14.5 Å². The molecule has 1 unspecified atom stereocenters. The second-order valence-corrected chi connectivity index (χ2v) is 11.2. The molecule has 1 aliphatic heterocycles. The molecule has 5 rings (SSSR count). The average Bonchev–Trinajstić information content (AvgIpc) is 3.31. The van der Waals surface area contributed by atoms with Crippen LogP contribution in [-0.2, 0) is 29.1 Å². The number of anilines is 1. The Hall–Kier alpha value is -3.81. The first-order valence-corrected chi connectivity index (χ1v) is 13.7. The van der Waals surface area contributed by atoms with E-state index >= 15 is 0 Å². The largest absolute Gasteiger partial charge is 0.480 e. The maximum atomic E-state index is 14.2. The molecule has 4 aromatic rings. The van der Waals surface area contributed by atoms with E-state index in [1.54, 1.807) is 48.8 Å². The monoisotopic (exact) mass is 576 g/mol. The third-order valence-electron chi connectivity index (χ3n) is 7.45. The highest BCUT2D eigenvalue weighted by Crippen LogP contribution is 2.35. The van der Waals surface area contributed by atoms with Crippen LogP contribution in [0.5, 0.6) is 0 Å². The molecule has 0 saturated carbocycles. The molecular formula is C31H30Cl2N4O3. The summed E-state index contributed by atoms with van der Waals surface area (Å²) in [6.07, 6.45) is 1.89. The maximum absolute atomic E-state index is 14.2. The lowest BCUT2D eigenvalue weighted by atomic mass is 9.88. The van der Waals surface area contributed by atoms with Gasteiger partial charge in [0.2, 0.25) is 5.91 Å². The Kier molecular flexibility index (Phi) is 7.88. The van der Waals surface area contributed by atoms with E-state index in [0.717, 1.165) is 22.5 Å². The summed E-state index contributed by atoms with van der Waals surface area (Å²) in [4.78, 5) is 34.9. The summed E-state index contributed by atoms with van der Waals surface area (Å²) in [5.74, 6) is -2.21. The number of aryl methyl sites for hydroxylation is 1. The van der Waals surface area contributed by atoms with Gasteiger partial charge in [-0.1, -0.05) is 65.7 Å². The summed E-state index contributed by atoms with van der Waals surface area (Å²) in [5.41, 5.74) is 6.20. The van der Waals surface area contributed by atoms with Crippen LogP contribution in [0, 0.1) is 6.92 Å². The standard InChI is InChI=1S/C31H30Cl2N4O3/c1-19-14-20(8-13-26(19)35(2)3)16-36-18-34-25-17-37(28(31(39)40)15-27(25)36)30(38)29(21-9-11-22(32)12-10-21)23-6-4-5-7-24(23)33/h4-14,18,28-29H,15-17H2,1-3H3,(H,39,40)/t28-,29?/m0/s1. The summed E-state index contributed by atoms with van der Waals surface area (Å²) < 4.78 is 1.99. The van der Waals surface area contributed by atoms with Gasteiger partial charge in [0.15, 0.2) is 0 Å². The summed E-state index contributed by atoms with van der Waals surface area (Å²) in [7, 11) is 4.02. The smallest absolute Gasteiger partial charge is 0.326 e. The van der Waals surface area contributed by atoms with E-state index < -0.39 is 17.9 Å². The number of aliphatic carboxylic acids is 1. The summed E-state index contributed by atoms with van der Waals surface area (Å²) in [6.45, 7) is 2.72. The van der Waals surface area contributed by atoms with Gasteiger partial charge in [-0.3, -0.25) is 4.79 Å². The van der Waals surface area contributed by atoms with Gasteiger partial charge in [-0.25, -0.2) is 9.78 Å². The highest BCUT2D eigenvalue weighted by Gasteiger charge is 2.40. The minimum absolute atomic E-state index is 0.0886. The first kappa shape index (κ1) is 27.7. The van der Waals surface area contributed by atoms with Gasteiger partial charge in [0.1, 0.15) is 6.04 Å². The molecule has 1 amide bonds. The summed E-state index contributed by atoms with van der Waals surface area (Å²) in [5, 5.41) is 11.2. The van der Waals surface area contributed by atoms with Crippen molar-refractivity contribution < 1.29 is 14.7 Å². The third-order valence-corrected chi connectivity index (χ3v) is 8.04. The van der Waals surface area contributed by atoms with Crippen LogP contribution in [0.2, 0.25) is 10.0 Å². The van der Waals surface area contributed by atoms with Crippen molar-refractivity contribution in [3.8, 4) is 0 Å². The number of rotatable bonds is 7. The van der Waals surface area contributed by atoms with E-state index in [0.29, 0.717) is 33.4 Å². The van der Waals surface area contributed by atoms with Crippen molar-refractivity contribution in [1.29, 1.82) is 0 Å². The Labute approximate surface area is 243 Å². The minimum Gasteiger partial charge on any atom is -0.480 e. The number of carbonyl (C=O) groups is 2. The van der Waals surface area contributed by atoms with Gasteiger partial charge in [-0.05, 0) is 53.4 Å². The number of benzene rings is 3. The van der Waals surface area contributed by atoms with Gasteiger partial charge in [0.25, 0.3) is 0 Å². The molecule has 0 aliphatic carbocycles. The Bertz CT molecular complexity index is 1570. The number of carboxylic acid groups (broad SMARTS) is 1. The van der Waals surface area contributed by atoms with Crippen molar-refractivity contribution >= 4 is 40.8 Å². The number of carbonyl (C=O) groups excluding carboxylic acids is 1. The summed E-state index contributed by atoms with van der Waals surface area (Å²) >= 11 is 12.7. The molecule has 7 nitrogen and oxygen atoms in total. The van der Waals surface area contributed by atoms with Gasteiger partial charge in [-0.2, -0.15) is 0 Å². The van der Waals surface area contributed by atoms with Crippen LogP contribution in [0.25, 0.3) is 0 Å². The number of hydrogen-bond donors (Lipinski definition) is 1. The fourth-order valence-electron chi connectivity index (χ4n) is 5.47. The van der Waals surface area contributed by atoms with E-state index in [1.165, 1.54) is 4.90 Å². The number of aromatic nitrogens is 2. The lowest BCUT2D eigenvalue weighted by Crippen LogP contribution is -2.50. The number of imidazole rings is 1. The number of halogens is 2. The first-order valence-electron chi connectivity index (χ1n) is 13.0. The molecule has 0 bridgehead atoms. The zero-order chi connectivity index (χ0) is 28.6. The fourth-order valence-corrected chi connectivity index (χ4v) is 5.84. The van der Waals surface area contributed by atoms with Crippen molar-refractivity contribution in [2.45, 2.75) is 38.4 Å². The molecule has 206 valence electrons. The molecule has 40 heavy (non-hydrogen) atoms. The van der Waals surface area contributed by atoms with Gasteiger partial charge >= 0.3 is 5.97 Å². The van der Waals surface area contributed by atoms with Crippen molar-refractivity contribution in [2.24, 2.45) is 0 Å². The Balaban J connectivity index is 1.48. The molecular weight excluding hydrogens is 547 g/mol. The lowest BCUT2D eigenvalue weighted by molar-refractivity contribution is -0.151. The van der Waals surface area contributed by atoms with Crippen molar-refractivity contribution in [3.63, 3.8) is 0 Å². The predicted molar refractivity (Wildman–Crippen MR) is 157 cm³/mol. The normalized spacial score (nSPS) is 15.4. The van der Waals surface area contributed by atoms with Crippen LogP contribution in [-0.4, -0.2) is 51.6 Å². The second kappa shape index (κ2) is 11.4. The van der Waals surface area contributed by atoms with E-state index in [1.807, 2.05) is 24.7 Å². The van der Waals surface area contributed by atoms with Crippen LogP contribution >= 0.6 is 23.2 Å². The van der Waals surface area contributed by atoms with E-state index in [2.05, 4.69) is 35.0 Å². The number of nitrogens with zero attached hydrogens (tertiary/aromatic N) is 4. The molecule has 2 atom stereocenters. The van der Waals surface area contributed by atoms with Crippen molar-refractivity contribution in [3.05, 3.63) is 117 Å². The fraction of sp³-hybridized carbons (Fsp3) is 0.258. The van der Waals surface area contributed by atoms with Crippen LogP contribution in [0.4, 0.5) is 5.69 Å². The SMILES string of the molecule is Cc1cc(Cn2cnc3c2C[C@@H](C(=O)O)N(C(=O)C(c2ccc(Cl)cc2)c2ccccc2Cl)C3)ccc1N(C)C. The zero-order valence-electron chi connectivity index (χ0n) is 22.5. The van der Waals surface area contributed by atoms with Crippen molar-refractivity contribution in [2.75, 3.05) is 19.0 Å². The molecule has 0 radical (unpaired) electrons. The van der Waals surface area contributed by atoms with Gasteiger partial charge in [0, 0.05) is 48.5 Å². The van der Waals surface area contributed by atoms with Gasteiger partial charge in [0.05, 0.1) is 24.5 Å². The number of fused-ring (bicyclic) bond motifs is 1. The molecule has 1 N–H and O–H groups in total. The number of carboxylic acids is 1. The minimum atomic E-state index is -1.06. The number of hydrogen-bond acceptors (Lipinski definition) is 4. The molecule has 1 aliphatic rings. The lowest BCUT2D eigenvalue weighted by Gasteiger charge is -2.36. The Morgan fingerprint density at radius 1 is 1.07 bits per heavy atom. The average molecular weight is 578 g/mol. The molecule has 0 spiro atoms. The van der Waals surface area contributed by atoms with Gasteiger partial charge < -0.3 is 19.5 Å². The quantitative estimate of drug-likeness (QED) is 0.301. The third kappa shape index (κ3) is 5.44. The van der Waals surface area contributed by atoms with E-state index in [-0.39, 0.29) is 18.9 Å². The molecule has 1 aromatic heterocycles. The van der Waals surface area contributed by atoms with Crippen LogP contribution < -0.4 is 4.90 Å². The maximum Gasteiger partial charge on any atom is 0.326 e. The molecule has 3 aromatic carbocycles. The highest BCUT2D eigenvalue weighted by atomic mass is 35.5. The predicted octanol–water partition coefficient (Wildman–Crippen LogP) is 5.78. The highest BCUT2D eigenvalue weighted by molar-refractivity contribution is 6.32. The molecule has 0 saturated heterocycles. The Morgan fingerprint density at radius 2 is 1.80 bits per heavy atom. The number of amides is 1. The van der Waals surface area contributed by atoms with Crippen LogP contribution in [0.15, 0.2) is 73.1 Å². The van der Waals surface area contributed by atoms with Crippen LogP contribution in [0.3, 0.4) is 0 Å². The van der Waals surface area contributed by atoms with Gasteiger partial charge in [-0.15, -0.1) is 0 Å². The first-order chi connectivity index (χ1) is 19.1. The summed E-state index contributed by atoms with van der Waals surface area (Å²) in [6, 6.07) is 19.3. The van der Waals surface area contributed by atoms with E-state index in [9.17, 15) is 14.7 Å². The van der Waals surface area contributed by atoms with E-state index in [4.69, 9.17) is 23.2 Å². The molecule has 2 heterocycles. The molecule has 0 fully saturated rings. The topological polar surface area (TPSA) is 78.7 Å². The Morgan fingerprint density at radius 3 is 2.45 bits per heavy atom. The second-order valence-electron chi connectivity index (χ2n) is 10.3. The molecule has 9 heteroatoms. The van der Waals surface area contributed by atoms with Crippen LogP contribution in [0.1, 0.15) is 39.6 Å².